The number of hydrogen-bond donors (Lipinski definition) is 3. The zero-order valence-corrected chi connectivity index (χ0v) is 13.5. The number of nitrogens with two attached hydrogens (primary N) is 2. The van der Waals surface area contributed by atoms with Crippen LogP contribution >= 0.6 is 0 Å². The van der Waals surface area contributed by atoms with Crippen molar-refractivity contribution in [3.8, 4) is 0 Å². The molecule has 0 spiro atoms. The van der Waals surface area contributed by atoms with Gasteiger partial charge in [-0.1, -0.05) is 23.4 Å². The number of nitrogens with zero attached hydrogens (tertiary/aromatic N) is 3. The van der Waals surface area contributed by atoms with E-state index in [0.29, 0.717) is 17.0 Å². The highest BCUT2D eigenvalue weighted by Crippen LogP contribution is 2.11. The van der Waals surface area contributed by atoms with Crippen LogP contribution in [0.5, 0.6) is 0 Å². The zero-order chi connectivity index (χ0) is 18.5. The van der Waals surface area contributed by atoms with Gasteiger partial charge in [-0.15, -0.1) is 0 Å². The SMILES string of the molecule is NC(=CC(=NCc1ccccc1F)c1ccon1)c1nc(N)cc(=O)[nH]1. The van der Waals surface area contributed by atoms with Gasteiger partial charge in [0.15, 0.2) is 5.82 Å². The lowest BCUT2D eigenvalue weighted by atomic mass is 10.2. The van der Waals surface area contributed by atoms with E-state index in [1.807, 2.05) is 0 Å². The minimum Gasteiger partial charge on any atom is -0.396 e. The first-order valence-corrected chi connectivity index (χ1v) is 7.56. The smallest absolute Gasteiger partial charge is 0.253 e. The maximum atomic E-state index is 13.8. The summed E-state index contributed by atoms with van der Waals surface area (Å²) in [6.07, 6.45) is 2.83. The maximum absolute atomic E-state index is 13.8. The number of aliphatic imine (C=N–C) groups is 1. The fourth-order valence-corrected chi connectivity index (χ4v) is 2.17. The number of aromatic amines is 1. The van der Waals surface area contributed by atoms with Gasteiger partial charge in [0.2, 0.25) is 0 Å². The molecule has 0 aliphatic carbocycles. The molecule has 0 radical (unpaired) electrons. The molecule has 5 N–H and O–H groups in total. The Balaban J connectivity index is 1.98. The maximum Gasteiger partial charge on any atom is 0.253 e. The summed E-state index contributed by atoms with van der Waals surface area (Å²) >= 11 is 0. The molecule has 2 aromatic heterocycles. The normalized spacial score (nSPS) is 12.3. The van der Waals surface area contributed by atoms with Crippen molar-refractivity contribution in [3.05, 3.63) is 82.0 Å². The molecular formula is C17H15FN6O2. The third-order valence-corrected chi connectivity index (χ3v) is 3.40. The molecule has 0 amide bonds. The van der Waals surface area contributed by atoms with Crippen LogP contribution in [0.2, 0.25) is 0 Å². The van der Waals surface area contributed by atoms with Crippen molar-refractivity contribution in [3.63, 3.8) is 0 Å². The Labute approximate surface area is 147 Å². The Bertz CT molecular complexity index is 1020. The minimum atomic E-state index is -0.435. The van der Waals surface area contributed by atoms with E-state index in [1.165, 1.54) is 18.4 Å². The number of hydrogen-bond acceptors (Lipinski definition) is 7. The second-order valence-electron chi connectivity index (χ2n) is 5.30. The molecule has 2 heterocycles. The molecule has 0 aliphatic heterocycles. The number of aromatic nitrogens is 3. The van der Waals surface area contributed by atoms with Crippen molar-refractivity contribution < 1.29 is 8.91 Å². The molecule has 8 nitrogen and oxygen atoms in total. The monoisotopic (exact) mass is 354 g/mol. The highest BCUT2D eigenvalue weighted by Gasteiger charge is 2.09. The average Bonchev–Trinajstić information content (AvgIpc) is 3.13. The molecule has 0 fully saturated rings. The van der Waals surface area contributed by atoms with E-state index in [-0.39, 0.29) is 29.7 Å². The van der Waals surface area contributed by atoms with E-state index >= 15 is 0 Å². The Morgan fingerprint density at radius 2 is 2.15 bits per heavy atom. The van der Waals surface area contributed by atoms with E-state index < -0.39 is 5.56 Å². The molecule has 132 valence electrons. The predicted molar refractivity (Wildman–Crippen MR) is 94.6 cm³/mol. The first kappa shape index (κ1) is 17.1. The summed E-state index contributed by atoms with van der Waals surface area (Å²) in [7, 11) is 0. The largest absolute Gasteiger partial charge is 0.396 e. The number of rotatable bonds is 5. The van der Waals surface area contributed by atoms with E-state index in [1.54, 1.807) is 24.3 Å². The van der Waals surface area contributed by atoms with Gasteiger partial charge in [-0.3, -0.25) is 9.79 Å². The molecule has 0 saturated carbocycles. The molecule has 0 bridgehead atoms. The molecule has 1 aromatic carbocycles. The first-order chi connectivity index (χ1) is 12.5. The fraction of sp³-hybridized carbons (Fsp3) is 0.0588. The van der Waals surface area contributed by atoms with Gasteiger partial charge in [-0.25, -0.2) is 9.37 Å². The quantitative estimate of drug-likeness (QED) is 0.594. The summed E-state index contributed by atoms with van der Waals surface area (Å²) in [5, 5.41) is 3.82. The number of nitrogens with one attached hydrogen (secondary N) is 1. The average molecular weight is 354 g/mol. The lowest BCUT2D eigenvalue weighted by molar-refractivity contribution is 0.418. The Hall–Kier alpha value is -3.75. The highest BCUT2D eigenvalue weighted by atomic mass is 19.1. The van der Waals surface area contributed by atoms with Crippen LogP contribution < -0.4 is 17.0 Å². The van der Waals surface area contributed by atoms with Crippen molar-refractivity contribution in [2.24, 2.45) is 10.7 Å². The molecule has 0 unspecified atom stereocenters. The molecule has 9 heteroatoms. The lowest BCUT2D eigenvalue weighted by Crippen LogP contribution is -2.15. The van der Waals surface area contributed by atoms with E-state index in [0.717, 1.165) is 6.07 Å². The Morgan fingerprint density at radius 3 is 2.85 bits per heavy atom. The minimum absolute atomic E-state index is 0.0337. The number of H-pyrrole nitrogens is 1. The lowest BCUT2D eigenvalue weighted by Gasteiger charge is -2.04. The summed E-state index contributed by atoms with van der Waals surface area (Å²) < 4.78 is 18.6. The van der Waals surface area contributed by atoms with E-state index in [4.69, 9.17) is 16.0 Å². The number of allylic oxidation sites excluding steroid dienone is 1. The van der Waals surface area contributed by atoms with Crippen LogP contribution in [0.1, 0.15) is 17.1 Å². The Kier molecular flexibility index (Phi) is 4.88. The summed E-state index contributed by atoms with van der Waals surface area (Å²) in [5.74, 6) is -0.238. The van der Waals surface area contributed by atoms with Crippen LogP contribution in [0.4, 0.5) is 10.2 Å². The molecule has 0 aliphatic rings. The second-order valence-corrected chi connectivity index (χ2v) is 5.30. The fourth-order valence-electron chi connectivity index (χ4n) is 2.17. The summed E-state index contributed by atoms with van der Waals surface area (Å²) in [5.41, 5.74) is 12.4. The highest BCUT2D eigenvalue weighted by molar-refractivity contribution is 6.10. The first-order valence-electron chi connectivity index (χ1n) is 7.56. The van der Waals surface area contributed by atoms with Crippen LogP contribution in [-0.2, 0) is 6.54 Å². The van der Waals surface area contributed by atoms with Crippen molar-refractivity contribution in [1.29, 1.82) is 0 Å². The van der Waals surface area contributed by atoms with Gasteiger partial charge in [-0.2, -0.15) is 0 Å². The van der Waals surface area contributed by atoms with Crippen LogP contribution in [0, 0.1) is 5.82 Å². The summed E-state index contributed by atoms with van der Waals surface area (Å²) in [6.45, 7) is 0.0690. The standard InChI is InChI=1S/C17H15FN6O2/c18-11-4-2-1-3-10(11)9-21-14(13-5-6-26-24-13)7-12(19)17-22-15(20)8-16(25)23-17/h1-8H,9,19H2,(H3,20,22,23,25). The molecule has 0 atom stereocenters. The third kappa shape index (κ3) is 4.01. The Morgan fingerprint density at radius 1 is 1.35 bits per heavy atom. The number of anilines is 1. The molecule has 26 heavy (non-hydrogen) atoms. The van der Waals surface area contributed by atoms with Gasteiger partial charge in [0, 0.05) is 17.7 Å². The van der Waals surface area contributed by atoms with Gasteiger partial charge in [0.25, 0.3) is 5.56 Å². The van der Waals surface area contributed by atoms with Crippen molar-refractivity contribution in [2.45, 2.75) is 6.54 Å². The van der Waals surface area contributed by atoms with E-state index in [2.05, 4.69) is 20.1 Å². The predicted octanol–water partition coefficient (Wildman–Crippen LogP) is 1.47. The zero-order valence-electron chi connectivity index (χ0n) is 13.5. The summed E-state index contributed by atoms with van der Waals surface area (Å²) in [4.78, 5) is 22.3. The van der Waals surface area contributed by atoms with Crippen LogP contribution in [0.15, 0.2) is 63.0 Å². The number of benzene rings is 1. The molecular weight excluding hydrogens is 339 g/mol. The van der Waals surface area contributed by atoms with Gasteiger partial charge < -0.3 is 21.0 Å². The van der Waals surface area contributed by atoms with Gasteiger partial charge in [0.05, 0.1) is 18.0 Å². The van der Waals surface area contributed by atoms with Crippen molar-refractivity contribution >= 4 is 17.2 Å². The topological polar surface area (TPSA) is 136 Å². The van der Waals surface area contributed by atoms with Crippen molar-refractivity contribution in [1.82, 2.24) is 15.1 Å². The number of halogens is 1. The van der Waals surface area contributed by atoms with Gasteiger partial charge >= 0.3 is 0 Å². The molecule has 3 aromatic rings. The summed E-state index contributed by atoms with van der Waals surface area (Å²) in [6, 6.07) is 9.02. The molecule has 3 rings (SSSR count). The second kappa shape index (κ2) is 7.43. The number of nitrogen functional groups attached to an aromatic ring is 1. The molecule has 0 saturated heterocycles. The van der Waals surface area contributed by atoms with Gasteiger partial charge in [0.1, 0.15) is 23.6 Å². The van der Waals surface area contributed by atoms with E-state index in [9.17, 15) is 9.18 Å². The van der Waals surface area contributed by atoms with Crippen molar-refractivity contribution in [2.75, 3.05) is 5.73 Å². The third-order valence-electron chi connectivity index (χ3n) is 3.40. The van der Waals surface area contributed by atoms with Crippen LogP contribution in [-0.4, -0.2) is 20.8 Å². The van der Waals surface area contributed by atoms with Crippen LogP contribution in [0.3, 0.4) is 0 Å². The van der Waals surface area contributed by atoms with Gasteiger partial charge in [-0.05, 0) is 12.1 Å². The van der Waals surface area contributed by atoms with Crippen LogP contribution in [0.25, 0.3) is 5.70 Å².